The zero-order chi connectivity index (χ0) is 10.7. The Morgan fingerprint density at radius 1 is 1.64 bits per heavy atom. The van der Waals surface area contributed by atoms with Crippen LogP contribution in [0.3, 0.4) is 0 Å². The van der Waals surface area contributed by atoms with Crippen molar-refractivity contribution in [3.8, 4) is 6.07 Å². The van der Waals surface area contributed by atoms with Crippen LogP contribution in [0.2, 0.25) is 5.02 Å². The number of carbonyl (C=O) groups excluding carboxylic acids is 1. The molecule has 1 rings (SSSR count). The first-order chi connectivity index (χ1) is 6.60. The van der Waals surface area contributed by atoms with E-state index in [0.29, 0.717) is 9.50 Å². The van der Waals surface area contributed by atoms with Crippen LogP contribution in [-0.4, -0.2) is 13.1 Å². The van der Waals surface area contributed by atoms with E-state index in [1.807, 2.05) is 6.07 Å². The molecule has 0 saturated carbocycles. The molecule has 72 valence electrons. The van der Waals surface area contributed by atoms with Gasteiger partial charge in [-0.3, -0.25) is 0 Å². The quantitative estimate of drug-likeness (QED) is 0.740. The van der Waals surface area contributed by atoms with Gasteiger partial charge >= 0.3 is 5.97 Å². The maximum atomic E-state index is 11.2. The van der Waals surface area contributed by atoms with Crippen LogP contribution in [0, 0.1) is 11.3 Å². The molecule has 0 aliphatic carbocycles. The van der Waals surface area contributed by atoms with Gasteiger partial charge in [-0.2, -0.15) is 5.26 Å². The zero-order valence-electron chi connectivity index (χ0n) is 7.17. The van der Waals surface area contributed by atoms with Crippen molar-refractivity contribution < 1.29 is 9.53 Å². The number of halogens is 2. The Labute approximate surface area is 94.4 Å². The first kappa shape index (κ1) is 11.0. The maximum Gasteiger partial charge on any atom is 0.339 e. The van der Waals surface area contributed by atoms with E-state index in [4.69, 9.17) is 16.9 Å². The molecule has 0 saturated heterocycles. The van der Waals surface area contributed by atoms with Gasteiger partial charge in [0.15, 0.2) is 0 Å². The Kier molecular flexibility index (Phi) is 3.50. The summed E-state index contributed by atoms with van der Waals surface area (Å²) in [6, 6.07) is 4.85. The molecule has 0 aromatic heterocycles. The summed E-state index contributed by atoms with van der Waals surface area (Å²) in [5, 5.41) is 9.18. The summed E-state index contributed by atoms with van der Waals surface area (Å²) in [6.07, 6.45) is 0. The minimum absolute atomic E-state index is 0.161. The highest BCUT2D eigenvalue weighted by Crippen LogP contribution is 2.25. The van der Waals surface area contributed by atoms with Crippen LogP contribution in [0.4, 0.5) is 0 Å². The number of nitrogens with zero attached hydrogens (tertiary/aromatic N) is 1. The van der Waals surface area contributed by atoms with Crippen molar-refractivity contribution in [3.63, 3.8) is 0 Å². The number of hydrogen-bond donors (Lipinski definition) is 0. The number of benzene rings is 1. The van der Waals surface area contributed by atoms with Gasteiger partial charge in [-0.15, -0.1) is 0 Å². The fourth-order valence-electron chi connectivity index (χ4n) is 0.958. The lowest BCUT2D eigenvalue weighted by Gasteiger charge is -2.04. The molecular weight excluding hydrogens is 269 g/mol. The standard InChI is InChI=1S/C9H5BrClNO2/c1-14-9(13)6-2-5(11)3-8(10)7(6)4-12/h2-3H,1H3. The number of nitriles is 1. The number of esters is 1. The van der Waals surface area contributed by atoms with Crippen LogP contribution in [0.1, 0.15) is 15.9 Å². The fourth-order valence-corrected chi connectivity index (χ4v) is 1.86. The first-order valence-corrected chi connectivity index (χ1v) is 4.74. The summed E-state index contributed by atoms with van der Waals surface area (Å²) in [5.41, 5.74) is 0.385. The van der Waals surface area contributed by atoms with Gasteiger partial charge in [0.1, 0.15) is 6.07 Å². The van der Waals surface area contributed by atoms with Gasteiger partial charge in [0, 0.05) is 9.50 Å². The molecule has 0 aliphatic heterocycles. The van der Waals surface area contributed by atoms with Crippen molar-refractivity contribution in [1.29, 1.82) is 5.26 Å². The summed E-state index contributed by atoms with van der Waals surface area (Å²) in [7, 11) is 1.25. The molecule has 0 radical (unpaired) electrons. The highest BCUT2D eigenvalue weighted by atomic mass is 79.9. The lowest BCUT2D eigenvalue weighted by atomic mass is 10.1. The van der Waals surface area contributed by atoms with E-state index in [1.165, 1.54) is 13.2 Å². The summed E-state index contributed by atoms with van der Waals surface area (Å²) in [6.45, 7) is 0. The topological polar surface area (TPSA) is 50.1 Å². The average Bonchev–Trinajstić information content (AvgIpc) is 2.15. The number of ether oxygens (including phenoxy) is 1. The van der Waals surface area contributed by atoms with E-state index >= 15 is 0 Å². The summed E-state index contributed by atoms with van der Waals surface area (Å²) >= 11 is 8.87. The monoisotopic (exact) mass is 273 g/mol. The molecule has 1 aromatic carbocycles. The van der Waals surface area contributed by atoms with Crippen LogP contribution in [0.15, 0.2) is 16.6 Å². The normalized spacial score (nSPS) is 9.29. The molecule has 0 spiro atoms. The molecule has 0 amide bonds. The second-order valence-corrected chi connectivity index (χ2v) is 3.70. The molecule has 14 heavy (non-hydrogen) atoms. The maximum absolute atomic E-state index is 11.2. The number of carbonyl (C=O) groups is 1. The van der Waals surface area contributed by atoms with Crippen molar-refractivity contribution in [2.24, 2.45) is 0 Å². The van der Waals surface area contributed by atoms with E-state index in [2.05, 4.69) is 20.7 Å². The van der Waals surface area contributed by atoms with Gasteiger partial charge in [0.25, 0.3) is 0 Å². The molecule has 5 heteroatoms. The van der Waals surface area contributed by atoms with Gasteiger partial charge < -0.3 is 4.74 Å². The Morgan fingerprint density at radius 2 is 2.29 bits per heavy atom. The van der Waals surface area contributed by atoms with Gasteiger partial charge in [0.05, 0.1) is 18.2 Å². The summed E-state index contributed by atoms with van der Waals surface area (Å²) < 4.78 is 5.00. The van der Waals surface area contributed by atoms with Crippen molar-refractivity contribution in [3.05, 3.63) is 32.8 Å². The average molecular weight is 275 g/mol. The SMILES string of the molecule is COC(=O)c1cc(Cl)cc(Br)c1C#N. The molecule has 0 bridgehead atoms. The fraction of sp³-hybridized carbons (Fsp3) is 0.111. The van der Waals surface area contributed by atoms with Gasteiger partial charge in [-0.25, -0.2) is 4.79 Å². The molecule has 0 aliphatic rings. The molecule has 3 nitrogen and oxygen atoms in total. The van der Waals surface area contributed by atoms with E-state index < -0.39 is 5.97 Å². The lowest BCUT2D eigenvalue weighted by Crippen LogP contribution is -2.04. The van der Waals surface area contributed by atoms with Crippen molar-refractivity contribution in [1.82, 2.24) is 0 Å². The van der Waals surface area contributed by atoms with Crippen molar-refractivity contribution in [2.75, 3.05) is 7.11 Å². The van der Waals surface area contributed by atoms with E-state index in [-0.39, 0.29) is 11.1 Å². The molecule has 0 atom stereocenters. The molecule has 0 fully saturated rings. The van der Waals surface area contributed by atoms with Crippen LogP contribution < -0.4 is 0 Å². The molecule has 0 unspecified atom stereocenters. The number of rotatable bonds is 1. The number of methoxy groups -OCH3 is 1. The van der Waals surface area contributed by atoms with Crippen LogP contribution in [-0.2, 0) is 4.74 Å². The predicted octanol–water partition coefficient (Wildman–Crippen LogP) is 2.76. The second-order valence-electron chi connectivity index (χ2n) is 2.41. The predicted molar refractivity (Wildman–Crippen MR) is 55.2 cm³/mol. The van der Waals surface area contributed by atoms with E-state index in [9.17, 15) is 4.79 Å². The molecule has 0 N–H and O–H groups in total. The van der Waals surface area contributed by atoms with E-state index in [0.717, 1.165) is 0 Å². The highest BCUT2D eigenvalue weighted by Gasteiger charge is 2.15. The highest BCUT2D eigenvalue weighted by molar-refractivity contribution is 9.10. The van der Waals surface area contributed by atoms with E-state index in [1.54, 1.807) is 6.07 Å². The summed E-state index contributed by atoms with van der Waals surface area (Å²) in [4.78, 5) is 11.2. The third kappa shape index (κ3) is 2.06. The van der Waals surface area contributed by atoms with Crippen molar-refractivity contribution >= 4 is 33.5 Å². The van der Waals surface area contributed by atoms with Gasteiger partial charge in [0.2, 0.25) is 0 Å². The zero-order valence-corrected chi connectivity index (χ0v) is 9.52. The summed E-state index contributed by atoms with van der Waals surface area (Å²) in [5.74, 6) is -0.579. The minimum atomic E-state index is -0.579. The minimum Gasteiger partial charge on any atom is -0.465 e. The molecule has 0 heterocycles. The molecule has 1 aromatic rings. The second kappa shape index (κ2) is 4.45. The van der Waals surface area contributed by atoms with Crippen LogP contribution >= 0.6 is 27.5 Å². The first-order valence-electron chi connectivity index (χ1n) is 3.57. The third-order valence-corrected chi connectivity index (χ3v) is 2.42. The van der Waals surface area contributed by atoms with Gasteiger partial charge in [-0.05, 0) is 28.1 Å². The largest absolute Gasteiger partial charge is 0.465 e. The molecular formula is C9H5BrClNO2. The van der Waals surface area contributed by atoms with Crippen LogP contribution in [0.5, 0.6) is 0 Å². The van der Waals surface area contributed by atoms with Crippen molar-refractivity contribution in [2.45, 2.75) is 0 Å². The smallest absolute Gasteiger partial charge is 0.339 e. The Hall–Kier alpha value is -1.05. The van der Waals surface area contributed by atoms with Crippen LogP contribution in [0.25, 0.3) is 0 Å². The van der Waals surface area contributed by atoms with Gasteiger partial charge in [-0.1, -0.05) is 11.6 Å². The Bertz CT molecular complexity index is 426. The Balaban J connectivity index is 3.41. The Morgan fingerprint density at radius 3 is 2.79 bits per heavy atom. The lowest BCUT2D eigenvalue weighted by molar-refractivity contribution is 0.0600. The number of hydrogen-bond acceptors (Lipinski definition) is 3. The third-order valence-electron chi connectivity index (χ3n) is 1.57.